The molecule has 0 spiro atoms. The molecule has 4 heterocycles. The standard InChI is InChI=1S/C19H25N5OS/c1-4-23(5-2)19-22-17(13(3)26-19)16-12-21-18-15(16)10-14(11-20-18)24-6-8-25-9-7-24/h10-12H,4-9H2,1-3H3,(H,20,21). The molecule has 0 aliphatic carbocycles. The summed E-state index contributed by atoms with van der Waals surface area (Å²) in [5, 5.41) is 2.22. The van der Waals surface area contributed by atoms with Gasteiger partial charge in [0.1, 0.15) is 5.65 Å². The first-order valence-corrected chi connectivity index (χ1v) is 10.1. The number of hydrogen-bond acceptors (Lipinski definition) is 6. The van der Waals surface area contributed by atoms with Crippen LogP contribution in [0.4, 0.5) is 10.8 Å². The number of thiazole rings is 1. The largest absolute Gasteiger partial charge is 0.378 e. The number of pyridine rings is 1. The van der Waals surface area contributed by atoms with Gasteiger partial charge in [-0.3, -0.25) is 0 Å². The van der Waals surface area contributed by atoms with Gasteiger partial charge >= 0.3 is 0 Å². The first-order valence-electron chi connectivity index (χ1n) is 9.23. The smallest absolute Gasteiger partial charge is 0.186 e. The maximum atomic E-state index is 5.47. The topological polar surface area (TPSA) is 57.3 Å². The summed E-state index contributed by atoms with van der Waals surface area (Å²) >= 11 is 1.76. The van der Waals surface area contributed by atoms with Crippen molar-refractivity contribution in [3.05, 3.63) is 23.3 Å². The van der Waals surface area contributed by atoms with Crippen LogP contribution in [0.5, 0.6) is 0 Å². The molecule has 3 aromatic heterocycles. The maximum Gasteiger partial charge on any atom is 0.186 e. The molecule has 1 fully saturated rings. The van der Waals surface area contributed by atoms with E-state index in [0.29, 0.717) is 0 Å². The molecule has 1 N–H and O–H groups in total. The van der Waals surface area contributed by atoms with Crippen molar-refractivity contribution in [2.45, 2.75) is 20.8 Å². The zero-order chi connectivity index (χ0) is 18.1. The Bertz CT molecular complexity index is 893. The van der Waals surface area contributed by atoms with Crippen LogP contribution >= 0.6 is 11.3 Å². The van der Waals surface area contributed by atoms with Crippen LogP contribution in [0.1, 0.15) is 18.7 Å². The Kier molecular flexibility index (Phi) is 4.82. The van der Waals surface area contributed by atoms with Crippen molar-refractivity contribution >= 4 is 33.2 Å². The van der Waals surface area contributed by atoms with Gasteiger partial charge in [0.05, 0.1) is 30.8 Å². The molecular formula is C19H25N5OS. The number of aromatic nitrogens is 3. The second-order valence-corrected chi connectivity index (χ2v) is 7.65. The molecule has 0 amide bonds. The minimum absolute atomic E-state index is 0.774. The Morgan fingerprint density at radius 3 is 2.77 bits per heavy atom. The lowest BCUT2D eigenvalue weighted by atomic mass is 10.1. The molecule has 1 aliphatic rings. The second-order valence-electron chi connectivity index (χ2n) is 6.46. The third-order valence-electron chi connectivity index (χ3n) is 4.97. The molecule has 1 saturated heterocycles. The number of hydrogen-bond donors (Lipinski definition) is 1. The van der Waals surface area contributed by atoms with Crippen molar-refractivity contribution < 1.29 is 4.74 Å². The fourth-order valence-electron chi connectivity index (χ4n) is 3.44. The monoisotopic (exact) mass is 371 g/mol. The van der Waals surface area contributed by atoms with Gasteiger partial charge in [-0.05, 0) is 26.8 Å². The first kappa shape index (κ1) is 17.3. The molecule has 1 aliphatic heterocycles. The van der Waals surface area contributed by atoms with Gasteiger partial charge in [-0.25, -0.2) is 9.97 Å². The average molecular weight is 372 g/mol. The Morgan fingerprint density at radius 1 is 1.27 bits per heavy atom. The molecule has 7 heteroatoms. The molecule has 0 atom stereocenters. The third kappa shape index (κ3) is 3.05. The molecule has 6 nitrogen and oxygen atoms in total. The number of rotatable bonds is 5. The number of morpholine rings is 1. The third-order valence-corrected chi connectivity index (χ3v) is 6.00. The van der Waals surface area contributed by atoms with E-state index >= 15 is 0 Å². The van der Waals surface area contributed by atoms with E-state index in [0.717, 1.165) is 72.5 Å². The van der Waals surface area contributed by atoms with E-state index in [1.165, 1.54) is 4.88 Å². The Labute approximate surface area is 157 Å². The molecule has 3 aromatic rings. The highest BCUT2D eigenvalue weighted by atomic mass is 32.1. The van der Waals surface area contributed by atoms with Gasteiger partial charge in [0.15, 0.2) is 5.13 Å². The van der Waals surface area contributed by atoms with Crippen LogP contribution in [0, 0.1) is 6.92 Å². The van der Waals surface area contributed by atoms with Crippen LogP contribution < -0.4 is 9.80 Å². The van der Waals surface area contributed by atoms with E-state index in [-0.39, 0.29) is 0 Å². The van der Waals surface area contributed by atoms with E-state index in [1.54, 1.807) is 11.3 Å². The van der Waals surface area contributed by atoms with Crippen LogP contribution in [0.25, 0.3) is 22.3 Å². The van der Waals surface area contributed by atoms with Crippen LogP contribution in [0.15, 0.2) is 18.5 Å². The first-order chi connectivity index (χ1) is 12.7. The molecule has 0 saturated carbocycles. The second kappa shape index (κ2) is 7.25. The molecule has 4 rings (SSSR count). The Hall–Kier alpha value is -2.12. The van der Waals surface area contributed by atoms with Gasteiger partial charge in [0.2, 0.25) is 0 Å². The number of H-pyrrole nitrogens is 1. The summed E-state index contributed by atoms with van der Waals surface area (Å²) in [6, 6.07) is 2.23. The number of nitrogens with zero attached hydrogens (tertiary/aromatic N) is 4. The van der Waals surface area contributed by atoms with E-state index in [9.17, 15) is 0 Å². The Balaban J connectivity index is 1.74. The van der Waals surface area contributed by atoms with Crippen molar-refractivity contribution in [2.24, 2.45) is 0 Å². The number of aromatic amines is 1. The fourth-order valence-corrected chi connectivity index (χ4v) is 4.49. The normalized spacial score (nSPS) is 15.0. The molecule has 26 heavy (non-hydrogen) atoms. The van der Waals surface area contributed by atoms with E-state index in [1.807, 2.05) is 12.4 Å². The number of aryl methyl sites for hydroxylation is 1. The van der Waals surface area contributed by atoms with E-state index in [4.69, 9.17) is 9.72 Å². The van der Waals surface area contributed by atoms with Gasteiger partial charge in [0, 0.05) is 48.2 Å². The zero-order valence-electron chi connectivity index (χ0n) is 15.6. The number of fused-ring (bicyclic) bond motifs is 1. The zero-order valence-corrected chi connectivity index (χ0v) is 16.4. The van der Waals surface area contributed by atoms with Crippen LogP contribution in [-0.4, -0.2) is 54.3 Å². The van der Waals surface area contributed by atoms with Crippen LogP contribution in [-0.2, 0) is 4.74 Å². The lowest BCUT2D eigenvalue weighted by Gasteiger charge is -2.28. The summed E-state index contributed by atoms with van der Waals surface area (Å²) in [5.74, 6) is 0. The predicted molar refractivity (Wildman–Crippen MR) is 109 cm³/mol. The summed E-state index contributed by atoms with van der Waals surface area (Å²) in [7, 11) is 0. The number of anilines is 2. The van der Waals surface area contributed by atoms with Crippen molar-refractivity contribution in [1.29, 1.82) is 0 Å². The minimum atomic E-state index is 0.774. The summed E-state index contributed by atoms with van der Waals surface area (Å²) in [6.45, 7) is 11.8. The van der Waals surface area contributed by atoms with Gasteiger partial charge in [-0.2, -0.15) is 0 Å². The van der Waals surface area contributed by atoms with E-state index in [2.05, 4.69) is 46.6 Å². The van der Waals surface area contributed by atoms with Crippen molar-refractivity contribution in [3.8, 4) is 11.3 Å². The summed E-state index contributed by atoms with van der Waals surface area (Å²) in [6.07, 6.45) is 3.98. The van der Waals surface area contributed by atoms with Gasteiger partial charge < -0.3 is 19.5 Å². The van der Waals surface area contributed by atoms with Gasteiger partial charge in [0.25, 0.3) is 0 Å². The highest BCUT2D eigenvalue weighted by Crippen LogP contribution is 2.36. The molecule has 0 aromatic carbocycles. The summed E-state index contributed by atoms with van der Waals surface area (Å²) < 4.78 is 5.47. The highest BCUT2D eigenvalue weighted by Gasteiger charge is 2.18. The average Bonchev–Trinajstić information content (AvgIpc) is 3.26. The van der Waals surface area contributed by atoms with Gasteiger partial charge in [-0.1, -0.05) is 0 Å². The predicted octanol–water partition coefficient (Wildman–Crippen LogP) is 3.68. The van der Waals surface area contributed by atoms with Crippen molar-refractivity contribution in [3.63, 3.8) is 0 Å². The SMILES string of the molecule is CCN(CC)c1nc(-c2c[nH]c3ncc(N4CCOCC4)cc23)c(C)s1. The molecule has 138 valence electrons. The minimum Gasteiger partial charge on any atom is -0.378 e. The molecule has 0 unspecified atom stereocenters. The van der Waals surface area contributed by atoms with E-state index < -0.39 is 0 Å². The lowest BCUT2D eigenvalue weighted by molar-refractivity contribution is 0.122. The molecule has 0 radical (unpaired) electrons. The van der Waals surface area contributed by atoms with Gasteiger partial charge in [-0.15, -0.1) is 11.3 Å². The number of nitrogens with one attached hydrogen (secondary N) is 1. The van der Waals surface area contributed by atoms with Crippen molar-refractivity contribution in [2.75, 3.05) is 49.2 Å². The fraction of sp³-hybridized carbons (Fsp3) is 0.474. The number of ether oxygens (including phenoxy) is 1. The van der Waals surface area contributed by atoms with Crippen LogP contribution in [0.2, 0.25) is 0 Å². The summed E-state index contributed by atoms with van der Waals surface area (Å²) in [4.78, 5) is 18.8. The maximum absolute atomic E-state index is 5.47. The quantitative estimate of drug-likeness (QED) is 0.741. The summed E-state index contributed by atoms with van der Waals surface area (Å²) in [5.41, 5.74) is 4.26. The lowest BCUT2D eigenvalue weighted by Crippen LogP contribution is -2.36. The molecular weight excluding hydrogens is 346 g/mol. The molecule has 0 bridgehead atoms. The highest BCUT2D eigenvalue weighted by molar-refractivity contribution is 7.16. The van der Waals surface area contributed by atoms with Crippen LogP contribution in [0.3, 0.4) is 0 Å². The van der Waals surface area contributed by atoms with Crippen molar-refractivity contribution in [1.82, 2.24) is 15.0 Å². The Morgan fingerprint density at radius 2 is 2.04 bits per heavy atom.